The molecule has 0 aliphatic carbocycles. The Hall–Kier alpha value is -1.71. The number of carbonyl (C=O) groups excluding carboxylic acids is 1. The van der Waals surface area contributed by atoms with Gasteiger partial charge in [-0.2, -0.15) is 0 Å². The van der Waals surface area contributed by atoms with Gasteiger partial charge in [0, 0.05) is 24.5 Å². The summed E-state index contributed by atoms with van der Waals surface area (Å²) in [6.07, 6.45) is 2.15. The minimum absolute atomic E-state index is 0.0766. The van der Waals surface area contributed by atoms with E-state index in [1.165, 1.54) is 5.56 Å². The van der Waals surface area contributed by atoms with E-state index in [4.69, 9.17) is 5.73 Å². The van der Waals surface area contributed by atoms with Gasteiger partial charge in [0.1, 0.15) is 6.04 Å². The van der Waals surface area contributed by atoms with Crippen molar-refractivity contribution in [2.75, 3.05) is 23.7 Å². The molecule has 18 heavy (non-hydrogen) atoms. The van der Waals surface area contributed by atoms with Crippen molar-refractivity contribution in [2.45, 2.75) is 32.7 Å². The Morgan fingerprint density at radius 2 is 2.33 bits per heavy atom. The lowest BCUT2D eigenvalue weighted by Crippen LogP contribution is -2.47. The molecule has 0 aromatic heterocycles. The fourth-order valence-electron chi connectivity index (χ4n) is 2.49. The second-order valence-electron chi connectivity index (χ2n) is 4.76. The second kappa shape index (κ2) is 5.29. The molecule has 1 atom stereocenters. The molecular formula is C14H21N3O. The van der Waals surface area contributed by atoms with E-state index in [1.807, 2.05) is 26.0 Å². The molecule has 1 amide bonds. The Labute approximate surface area is 108 Å². The van der Waals surface area contributed by atoms with E-state index in [9.17, 15) is 4.79 Å². The smallest absolute Gasteiger partial charge is 0.242 e. The summed E-state index contributed by atoms with van der Waals surface area (Å²) in [6, 6.07) is 5.83. The van der Waals surface area contributed by atoms with E-state index < -0.39 is 0 Å². The molecule has 0 bridgehead atoms. The molecule has 4 heteroatoms. The SMILES string of the molecule is CCNC(=O)C(C)N1CCCc2ccc(N)cc21. The van der Waals surface area contributed by atoms with Crippen molar-refractivity contribution in [3.8, 4) is 0 Å². The summed E-state index contributed by atoms with van der Waals surface area (Å²) in [7, 11) is 0. The Morgan fingerprint density at radius 1 is 1.56 bits per heavy atom. The predicted octanol–water partition coefficient (Wildman–Crippen LogP) is 1.55. The monoisotopic (exact) mass is 247 g/mol. The Kier molecular flexibility index (Phi) is 3.75. The molecule has 98 valence electrons. The highest BCUT2D eigenvalue weighted by Crippen LogP contribution is 2.30. The first-order chi connectivity index (χ1) is 8.63. The molecule has 3 N–H and O–H groups in total. The normalized spacial score (nSPS) is 16.0. The largest absolute Gasteiger partial charge is 0.399 e. The maximum absolute atomic E-state index is 12.0. The number of hydrogen-bond donors (Lipinski definition) is 2. The van der Waals surface area contributed by atoms with E-state index in [1.54, 1.807) is 0 Å². The molecule has 1 aromatic rings. The highest BCUT2D eigenvalue weighted by Gasteiger charge is 2.25. The number of fused-ring (bicyclic) bond motifs is 1. The summed E-state index contributed by atoms with van der Waals surface area (Å²) in [4.78, 5) is 14.1. The topological polar surface area (TPSA) is 58.4 Å². The molecule has 1 unspecified atom stereocenters. The summed E-state index contributed by atoms with van der Waals surface area (Å²) in [6.45, 7) is 5.46. The summed E-state index contributed by atoms with van der Waals surface area (Å²) in [5.41, 5.74) is 9.00. The molecule has 1 heterocycles. The van der Waals surface area contributed by atoms with Crippen LogP contribution in [-0.4, -0.2) is 25.0 Å². The number of nitrogens with two attached hydrogens (primary N) is 1. The number of nitrogen functional groups attached to an aromatic ring is 1. The zero-order chi connectivity index (χ0) is 13.1. The number of rotatable bonds is 3. The van der Waals surface area contributed by atoms with Crippen LogP contribution in [0.3, 0.4) is 0 Å². The Bertz CT molecular complexity index is 445. The third kappa shape index (κ3) is 2.42. The van der Waals surface area contributed by atoms with Crippen molar-refractivity contribution >= 4 is 17.3 Å². The number of amides is 1. The molecule has 1 aliphatic heterocycles. The van der Waals surface area contributed by atoms with Crippen molar-refractivity contribution in [2.24, 2.45) is 0 Å². The number of carbonyl (C=O) groups is 1. The zero-order valence-corrected chi connectivity index (χ0v) is 11.1. The van der Waals surface area contributed by atoms with E-state index >= 15 is 0 Å². The number of aryl methyl sites for hydroxylation is 1. The van der Waals surface area contributed by atoms with Gasteiger partial charge in [-0.1, -0.05) is 6.07 Å². The quantitative estimate of drug-likeness (QED) is 0.797. The fourth-order valence-corrected chi connectivity index (χ4v) is 2.49. The van der Waals surface area contributed by atoms with Gasteiger partial charge >= 0.3 is 0 Å². The minimum Gasteiger partial charge on any atom is -0.399 e. The van der Waals surface area contributed by atoms with Crippen molar-refractivity contribution in [1.82, 2.24) is 5.32 Å². The molecule has 4 nitrogen and oxygen atoms in total. The van der Waals surface area contributed by atoms with Gasteiger partial charge in [0.25, 0.3) is 0 Å². The number of benzene rings is 1. The van der Waals surface area contributed by atoms with Crippen LogP contribution in [0.25, 0.3) is 0 Å². The van der Waals surface area contributed by atoms with Gasteiger partial charge < -0.3 is 16.0 Å². The van der Waals surface area contributed by atoms with Gasteiger partial charge in [0.05, 0.1) is 0 Å². The van der Waals surface area contributed by atoms with Gasteiger partial charge in [0.15, 0.2) is 0 Å². The zero-order valence-electron chi connectivity index (χ0n) is 11.1. The van der Waals surface area contributed by atoms with Gasteiger partial charge in [-0.15, -0.1) is 0 Å². The molecule has 1 aromatic carbocycles. The van der Waals surface area contributed by atoms with Crippen molar-refractivity contribution in [1.29, 1.82) is 0 Å². The number of anilines is 2. The first kappa shape index (κ1) is 12.7. The van der Waals surface area contributed by atoms with Gasteiger partial charge in [-0.25, -0.2) is 0 Å². The number of likely N-dealkylation sites (N-methyl/N-ethyl adjacent to an activating group) is 1. The first-order valence-corrected chi connectivity index (χ1v) is 6.56. The van der Waals surface area contributed by atoms with Gasteiger partial charge in [-0.05, 0) is 44.4 Å². The number of hydrogen-bond acceptors (Lipinski definition) is 3. The molecule has 0 fully saturated rings. The molecular weight excluding hydrogens is 226 g/mol. The summed E-state index contributed by atoms with van der Waals surface area (Å²) in [5, 5.41) is 2.88. The van der Waals surface area contributed by atoms with Crippen LogP contribution in [0.4, 0.5) is 11.4 Å². The van der Waals surface area contributed by atoms with Crippen LogP contribution >= 0.6 is 0 Å². The lowest BCUT2D eigenvalue weighted by Gasteiger charge is -2.35. The lowest BCUT2D eigenvalue weighted by atomic mass is 9.99. The molecule has 0 radical (unpaired) electrons. The Morgan fingerprint density at radius 3 is 3.06 bits per heavy atom. The molecule has 1 aliphatic rings. The minimum atomic E-state index is -0.147. The molecule has 0 saturated carbocycles. The van der Waals surface area contributed by atoms with Crippen LogP contribution in [0.2, 0.25) is 0 Å². The highest BCUT2D eigenvalue weighted by molar-refractivity contribution is 5.85. The number of nitrogens with one attached hydrogen (secondary N) is 1. The van der Waals surface area contributed by atoms with Gasteiger partial charge in [-0.3, -0.25) is 4.79 Å². The van der Waals surface area contributed by atoms with E-state index in [0.717, 1.165) is 30.8 Å². The van der Waals surface area contributed by atoms with Crippen LogP contribution < -0.4 is 16.0 Å². The molecule has 0 spiro atoms. The average molecular weight is 247 g/mol. The lowest BCUT2D eigenvalue weighted by molar-refractivity contribution is -0.122. The van der Waals surface area contributed by atoms with Crippen molar-refractivity contribution in [3.63, 3.8) is 0 Å². The first-order valence-electron chi connectivity index (χ1n) is 6.56. The Balaban J connectivity index is 2.26. The van der Waals surface area contributed by atoms with E-state index in [-0.39, 0.29) is 11.9 Å². The molecule has 0 saturated heterocycles. The average Bonchev–Trinajstić information content (AvgIpc) is 2.37. The summed E-state index contributed by atoms with van der Waals surface area (Å²) in [5.74, 6) is 0.0766. The highest BCUT2D eigenvalue weighted by atomic mass is 16.2. The fraction of sp³-hybridized carbons (Fsp3) is 0.500. The van der Waals surface area contributed by atoms with Crippen molar-refractivity contribution < 1.29 is 4.79 Å². The van der Waals surface area contributed by atoms with Crippen LogP contribution in [0.5, 0.6) is 0 Å². The maximum atomic E-state index is 12.0. The standard InChI is InChI=1S/C14H21N3O/c1-3-16-14(18)10(2)17-8-4-5-11-6-7-12(15)9-13(11)17/h6-7,9-10H,3-5,8,15H2,1-2H3,(H,16,18). The number of nitrogens with zero attached hydrogens (tertiary/aromatic N) is 1. The second-order valence-corrected chi connectivity index (χ2v) is 4.76. The van der Waals surface area contributed by atoms with E-state index in [0.29, 0.717) is 6.54 Å². The van der Waals surface area contributed by atoms with Gasteiger partial charge in [0.2, 0.25) is 5.91 Å². The van der Waals surface area contributed by atoms with Crippen LogP contribution in [0.1, 0.15) is 25.8 Å². The van der Waals surface area contributed by atoms with Crippen molar-refractivity contribution in [3.05, 3.63) is 23.8 Å². The van der Waals surface area contributed by atoms with Crippen LogP contribution in [0, 0.1) is 0 Å². The van der Waals surface area contributed by atoms with E-state index in [2.05, 4.69) is 16.3 Å². The van der Waals surface area contributed by atoms with Crippen LogP contribution in [0.15, 0.2) is 18.2 Å². The van der Waals surface area contributed by atoms with Crippen LogP contribution in [-0.2, 0) is 11.2 Å². The maximum Gasteiger partial charge on any atom is 0.242 e. The third-order valence-corrected chi connectivity index (χ3v) is 3.46. The predicted molar refractivity (Wildman–Crippen MR) is 74.7 cm³/mol. The summed E-state index contributed by atoms with van der Waals surface area (Å²) >= 11 is 0. The third-order valence-electron chi connectivity index (χ3n) is 3.46. The molecule has 2 rings (SSSR count). The summed E-state index contributed by atoms with van der Waals surface area (Å²) < 4.78 is 0.